The van der Waals surface area contributed by atoms with Gasteiger partial charge in [0.15, 0.2) is 0 Å². The van der Waals surface area contributed by atoms with Crippen LogP contribution in [-0.4, -0.2) is 37.7 Å². The molecule has 1 heterocycles. The van der Waals surface area contributed by atoms with Crippen LogP contribution in [0.5, 0.6) is 0 Å². The van der Waals surface area contributed by atoms with Gasteiger partial charge in [0.2, 0.25) is 5.91 Å². The van der Waals surface area contributed by atoms with E-state index in [9.17, 15) is 4.79 Å². The zero-order chi connectivity index (χ0) is 10.4. The third-order valence-electron chi connectivity index (χ3n) is 2.45. The van der Waals surface area contributed by atoms with Gasteiger partial charge in [0.05, 0.1) is 13.2 Å². The van der Waals surface area contributed by atoms with Gasteiger partial charge in [0.1, 0.15) is 0 Å². The number of hydrogen-bond donors (Lipinski definition) is 2. The van der Waals surface area contributed by atoms with E-state index in [1.807, 2.05) is 6.92 Å². The molecule has 0 spiro atoms. The summed E-state index contributed by atoms with van der Waals surface area (Å²) in [6.45, 7) is 6.33. The summed E-state index contributed by atoms with van der Waals surface area (Å²) in [6, 6.07) is 0.458. The Bertz CT molecular complexity index is 179. The molecule has 4 heteroatoms. The fourth-order valence-corrected chi connectivity index (χ4v) is 1.41. The van der Waals surface area contributed by atoms with Crippen LogP contribution in [0.1, 0.15) is 26.7 Å². The molecule has 1 fully saturated rings. The number of ether oxygens (including phenoxy) is 1. The van der Waals surface area contributed by atoms with Crippen molar-refractivity contribution in [1.29, 1.82) is 0 Å². The third kappa shape index (κ3) is 4.07. The van der Waals surface area contributed by atoms with Gasteiger partial charge in [-0.05, 0) is 13.3 Å². The molecular weight excluding hydrogens is 180 g/mol. The number of nitrogens with one attached hydrogen (secondary N) is 2. The number of carbonyl (C=O) groups is 1. The van der Waals surface area contributed by atoms with Crippen LogP contribution in [0.3, 0.4) is 0 Å². The molecule has 0 saturated carbocycles. The fraction of sp³-hybridized carbons (Fsp3) is 0.900. The lowest BCUT2D eigenvalue weighted by molar-refractivity contribution is -0.122. The molecule has 0 bridgehead atoms. The topological polar surface area (TPSA) is 50.4 Å². The minimum Gasteiger partial charge on any atom is -0.378 e. The second kappa shape index (κ2) is 5.98. The summed E-state index contributed by atoms with van der Waals surface area (Å²) in [7, 11) is 0. The van der Waals surface area contributed by atoms with Crippen LogP contribution in [0.4, 0.5) is 0 Å². The highest BCUT2D eigenvalue weighted by Gasteiger charge is 2.17. The SMILES string of the molecule is CCC(C)NC(=O)CC1COCCN1. The Kier molecular flexibility index (Phi) is 4.90. The van der Waals surface area contributed by atoms with Crippen molar-refractivity contribution in [2.24, 2.45) is 0 Å². The lowest BCUT2D eigenvalue weighted by Gasteiger charge is -2.23. The van der Waals surface area contributed by atoms with Gasteiger partial charge in [0, 0.05) is 25.0 Å². The van der Waals surface area contributed by atoms with Crippen LogP contribution in [0, 0.1) is 0 Å². The Morgan fingerprint density at radius 3 is 3.07 bits per heavy atom. The van der Waals surface area contributed by atoms with Gasteiger partial charge < -0.3 is 15.4 Å². The predicted molar refractivity (Wildman–Crippen MR) is 55.1 cm³/mol. The minimum absolute atomic E-state index is 0.113. The van der Waals surface area contributed by atoms with Crippen molar-refractivity contribution >= 4 is 5.91 Å². The van der Waals surface area contributed by atoms with Crippen molar-refractivity contribution in [3.8, 4) is 0 Å². The molecule has 2 unspecified atom stereocenters. The van der Waals surface area contributed by atoms with Crippen molar-refractivity contribution in [2.75, 3.05) is 19.8 Å². The van der Waals surface area contributed by atoms with Gasteiger partial charge in [-0.25, -0.2) is 0 Å². The van der Waals surface area contributed by atoms with E-state index in [2.05, 4.69) is 17.6 Å². The normalized spacial score (nSPS) is 24.3. The molecule has 1 amide bonds. The molecule has 82 valence electrons. The summed E-state index contributed by atoms with van der Waals surface area (Å²) >= 11 is 0. The fourth-order valence-electron chi connectivity index (χ4n) is 1.41. The van der Waals surface area contributed by atoms with Gasteiger partial charge >= 0.3 is 0 Å². The number of amides is 1. The molecule has 1 saturated heterocycles. The quantitative estimate of drug-likeness (QED) is 0.685. The molecule has 0 aromatic carbocycles. The molecule has 1 aliphatic heterocycles. The van der Waals surface area contributed by atoms with Crippen LogP contribution in [0.15, 0.2) is 0 Å². The monoisotopic (exact) mass is 200 g/mol. The highest BCUT2D eigenvalue weighted by atomic mass is 16.5. The lowest BCUT2D eigenvalue weighted by Crippen LogP contribution is -2.45. The Hall–Kier alpha value is -0.610. The van der Waals surface area contributed by atoms with Crippen LogP contribution < -0.4 is 10.6 Å². The van der Waals surface area contributed by atoms with E-state index in [0.717, 1.165) is 19.6 Å². The Morgan fingerprint density at radius 1 is 1.71 bits per heavy atom. The third-order valence-corrected chi connectivity index (χ3v) is 2.45. The maximum atomic E-state index is 11.5. The maximum absolute atomic E-state index is 11.5. The summed E-state index contributed by atoms with van der Waals surface area (Å²) < 4.78 is 5.27. The molecule has 1 rings (SSSR count). The Balaban J connectivity index is 2.18. The first-order valence-electron chi connectivity index (χ1n) is 5.33. The number of rotatable bonds is 4. The molecule has 0 aromatic heterocycles. The van der Waals surface area contributed by atoms with E-state index >= 15 is 0 Å². The molecule has 0 aliphatic carbocycles. The zero-order valence-corrected chi connectivity index (χ0v) is 9.01. The van der Waals surface area contributed by atoms with Crippen LogP contribution in [-0.2, 0) is 9.53 Å². The summed E-state index contributed by atoms with van der Waals surface area (Å²) in [5.41, 5.74) is 0. The zero-order valence-electron chi connectivity index (χ0n) is 9.01. The van der Waals surface area contributed by atoms with E-state index in [4.69, 9.17) is 4.74 Å². The summed E-state index contributed by atoms with van der Waals surface area (Å²) in [4.78, 5) is 11.5. The standard InChI is InChI=1S/C10H20N2O2/c1-3-8(2)12-10(13)6-9-7-14-5-4-11-9/h8-9,11H,3-7H2,1-2H3,(H,12,13). The molecule has 0 radical (unpaired) electrons. The number of hydrogen-bond acceptors (Lipinski definition) is 3. The Morgan fingerprint density at radius 2 is 2.50 bits per heavy atom. The van der Waals surface area contributed by atoms with Gasteiger partial charge in [-0.2, -0.15) is 0 Å². The molecular formula is C10H20N2O2. The van der Waals surface area contributed by atoms with E-state index < -0.39 is 0 Å². The van der Waals surface area contributed by atoms with Gasteiger partial charge in [-0.1, -0.05) is 6.92 Å². The second-order valence-electron chi connectivity index (χ2n) is 3.81. The maximum Gasteiger partial charge on any atom is 0.221 e. The van der Waals surface area contributed by atoms with Crippen LogP contribution in [0.2, 0.25) is 0 Å². The van der Waals surface area contributed by atoms with Crippen LogP contribution >= 0.6 is 0 Å². The van der Waals surface area contributed by atoms with Gasteiger partial charge in [-0.15, -0.1) is 0 Å². The summed E-state index contributed by atoms with van der Waals surface area (Å²) in [5, 5.41) is 6.20. The molecule has 2 N–H and O–H groups in total. The lowest BCUT2D eigenvalue weighted by atomic mass is 10.1. The first kappa shape index (κ1) is 11.5. The number of morpholine rings is 1. The van der Waals surface area contributed by atoms with Crippen molar-refractivity contribution < 1.29 is 9.53 Å². The molecule has 1 aliphatic rings. The highest BCUT2D eigenvalue weighted by Crippen LogP contribution is 1.99. The van der Waals surface area contributed by atoms with Crippen molar-refractivity contribution in [2.45, 2.75) is 38.8 Å². The van der Waals surface area contributed by atoms with Crippen molar-refractivity contribution in [3.63, 3.8) is 0 Å². The Labute approximate surface area is 85.4 Å². The van der Waals surface area contributed by atoms with Crippen molar-refractivity contribution in [3.05, 3.63) is 0 Å². The average molecular weight is 200 g/mol. The first-order chi connectivity index (χ1) is 6.72. The molecule has 14 heavy (non-hydrogen) atoms. The predicted octanol–water partition coefficient (Wildman–Crippen LogP) is 0.280. The minimum atomic E-state index is 0.113. The largest absolute Gasteiger partial charge is 0.378 e. The van der Waals surface area contributed by atoms with Gasteiger partial charge in [0.25, 0.3) is 0 Å². The van der Waals surface area contributed by atoms with Gasteiger partial charge in [-0.3, -0.25) is 4.79 Å². The summed E-state index contributed by atoms with van der Waals surface area (Å²) in [6.07, 6.45) is 1.49. The molecule has 2 atom stereocenters. The average Bonchev–Trinajstić information content (AvgIpc) is 2.19. The summed E-state index contributed by atoms with van der Waals surface area (Å²) in [5.74, 6) is 0.113. The second-order valence-corrected chi connectivity index (χ2v) is 3.81. The van der Waals surface area contributed by atoms with E-state index in [0.29, 0.717) is 13.0 Å². The van der Waals surface area contributed by atoms with Crippen molar-refractivity contribution in [1.82, 2.24) is 10.6 Å². The highest BCUT2D eigenvalue weighted by molar-refractivity contribution is 5.76. The van der Waals surface area contributed by atoms with Crippen LogP contribution in [0.25, 0.3) is 0 Å². The molecule has 4 nitrogen and oxygen atoms in total. The van der Waals surface area contributed by atoms with E-state index in [-0.39, 0.29) is 18.0 Å². The smallest absolute Gasteiger partial charge is 0.221 e. The molecule has 0 aromatic rings. The number of carbonyl (C=O) groups excluding carboxylic acids is 1. The van der Waals surface area contributed by atoms with E-state index in [1.54, 1.807) is 0 Å². The van der Waals surface area contributed by atoms with E-state index in [1.165, 1.54) is 0 Å². The first-order valence-corrected chi connectivity index (χ1v) is 5.33.